The summed E-state index contributed by atoms with van der Waals surface area (Å²) in [6.07, 6.45) is 3.40. The van der Waals surface area contributed by atoms with Gasteiger partial charge in [-0.2, -0.15) is 0 Å². The van der Waals surface area contributed by atoms with Crippen LogP contribution in [-0.4, -0.2) is 33.0 Å². The van der Waals surface area contributed by atoms with Crippen LogP contribution in [0.15, 0.2) is 58.8 Å². The number of furan rings is 1. The first-order chi connectivity index (χ1) is 14.0. The number of carbonyl (C=O) groups excluding carboxylic acids is 1. The molecule has 1 amide bonds. The maximum Gasteiger partial charge on any atom is 0.233 e. The summed E-state index contributed by atoms with van der Waals surface area (Å²) in [6.45, 7) is 8.47. The van der Waals surface area contributed by atoms with Crippen molar-refractivity contribution in [2.45, 2.75) is 37.3 Å². The third-order valence-electron chi connectivity index (χ3n) is 4.43. The Balaban J connectivity index is 1.70. The van der Waals surface area contributed by atoms with Gasteiger partial charge in [-0.05, 0) is 26.0 Å². The summed E-state index contributed by atoms with van der Waals surface area (Å²) in [5, 5.41) is 11.8. The van der Waals surface area contributed by atoms with Crippen molar-refractivity contribution in [3.05, 3.63) is 60.6 Å². The standard InChI is InChI=1S/C21H24N4O3S/c1-5-11-25-19(17-10-12-28-14(17)2)23-24-21(25)29-15(3)20(26)22-13-16-8-6-7-9-18(16)27-4/h5-10,12,15H,1,11,13H2,2-4H3,(H,22,26). The molecular weight excluding hydrogens is 388 g/mol. The second kappa shape index (κ2) is 9.47. The van der Waals surface area contributed by atoms with Crippen molar-refractivity contribution in [3.8, 4) is 17.1 Å². The summed E-state index contributed by atoms with van der Waals surface area (Å²) >= 11 is 1.35. The fourth-order valence-electron chi connectivity index (χ4n) is 2.87. The number of rotatable bonds is 9. The average molecular weight is 413 g/mol. The molecule has 0 saturated heterocycles. The summed E-state index contributed by atoms with van der Waals surface area (Å²) in [7, 11) is 1.62. The number of allylic oxidation sites excluding steroid dienone is 1. The minimum absolute atomic E-state index is 0.0879. The molecule has 0 aliphatic rings. The van der Waals surface area contributed by atoms with Gasteiger partial charge in [-0.15, -0.1) is 16.8 Å². The van der Waals surface area contributed by atoms with Crippen molar-refractivity contribution in [2.24, 2.45) is 0 Å². The molecule has 0 radical (unpaired) electrons. The molecule has 0 aliphatic carbocycles. The lowest BCUT2D eigenvalue weighted by Crippen LogP contribution is -2.30. The predicted molar refractivity (Wildman–Crippen MR) is 113 cm³/mol. The smallest absolute Gasteiger partial charge is 0.233 e. The molecule has 1 unspecified atom stereocenters. The lowest BCUT2D eigenvalue weighted by molar-refractivity contribution is -0.120. The maximum atomic E-state index is 12.6. The van der Waals surface area contributed by atoms with Gasteiger partial charge in [-0.3, -0.25) is 9.36 Å². The van der Waals surface area contributed by atoms with E-state index in [1.807, 2.05) is 48.7 Å². The number of aryl methyl sites for hydroxylation is 1. The SMILES string of the molecule is C=CCn1c(SC(C)C(=O)NCc2ccccc2OC)nnc1-c1ccoc1C. The zero-order chi connectivity index (χ0) is 20.8. The molecule has 0 bridgehead atoms. The van der Waals surface area contributed by atoms with Crippen molar-refractivity contribution in [2.75, 3.05) is 7.11 Å². The van der Waals surface area contributed by atoms with Crippen LogP contribution >= 0.6 is 11.8 Å². The average Bonchev–Trinajstić information content (AvgIpc) is 3.32. The second-order valence-electron chi connectivity index (χ2n) is 6.39. The maximum absolute atomic E-state index is 12.6. The minimum Gasteiger partial charge on any atom is -0.496 e. The van der Waals surface area contributed by atoms with E-state index in [0.717, 1.165) is 22.6 Å². The van der Waals surface area contributed by atoms with Crippen LogP contribution in [0.5, 0.6) is 5.75 Å². The third kappa shape index (κ3) is 4.71. The topological polar surface area (TPSA) is 82.2 Å². The normalized spacial score (nSPS) is 11.8. The number of methoxy groups -OCH3 is 1. The van der Waals surface area contributed by atoms with E-state index in [1.54, 1.807) is 19.4 Å². The van der Waals surface area contributed by atoms with Crippen LogP contribution in [0, 0.1) is 6.92 Å². The first-order valence-electron chi connectivity index (χ1n) is 9.20. The Morgan fingerprint density at radius 1 is 1.38 bits per heavy atom. The molecule has 1 N–H and O–H groups in total. The number of benzene rings is 1. The molecule has 0 aliphatic heterocycles. The highest BCUT2D eigenvalue weighted by atomic mass is 32.2. The second-order valence-corrected chi connectivity index (χ2v) is 7.69. The van der Waals surface area contributed by atoms with E-state index in [4.69, 9.17) is 9.15 Å². The number of ether oxygens (including phenoxy) is 1. The molecule has 2 aromatic heterocycles. The highest BCUT2D eigenvalue weighted by Gasteiger charge is 2.21. The Hall–Kier alpha value is -3.00. The van der Waals surface area contributed by atoms with Crippen molar-refractivity contribution in [3.63, 3.8) is 0 Å². The zero-order valence-electron chi connectivity index (χ0n) is 16.7. The summed E-state index contributed by atoms with van der Waals surface area (Å²) < 4.78 is 12.6. The Labute approximate surface area is 174 Å². The summed E-state index contributed by atoms with van der Waals surface area (Å²) in [5.74, 6) is 2.12. The van der Waals surface area contributed by atoms with Crippen molar-refractivity contribution in [1.29, 1.82) is 0 Å². The van der Waals surface area contributed by atoms with Crippen LogP contribution in [0.2, 0.25) is 0 Å². The monoisotopic (exact) mass is 412 g/mol. The Morgan fingerprint density at radius 2 is 2.17 bits per heavy atom. The lowest BCUT2D eigenvalue weighted by Gasteiger charge is -2.14. The number of nitrogens with one attached hydrogen (secondary N) is 1. The Bertz CT molecular complexity index is 995. The van der Waals surface area contributed by atoms with Gasteiger partial charge in [0.05, 0.1) is 24.2 Å². The molecule has 0 fully saturated rings. The summed E-state index contributed by atoms with van der Waals surface area (Å²) in [4.78, 5) is 12.6. The van der Waals surface area contributed by atoms with E-state index in [0.29, 0.717) is 24.1 Å². The zero-order valence-corrected chi connectivity index (χ0v) is 17.5. The number of hydrogen-bond donors (Lipinski definition) is 1. The number of aromatic nitrogens is 3. The van der Waals surface area contributed by atoms with Crippen LogP contribution in [-0.2, 0) is 17.9 Å². The molecule has 152 valence electrons. The molecule has 1 atom stereocenters. The van der Waals surface area contributed by atoms with Gasteiger partial charge in [-0.25, -0.2) is 0 Å². The minimum atomic E-state index is -0.351. The highest BCUT2D eigenvalue weighted by molar-refractivity contribution is 8.00. The molecule has 3 aromatic rings. The molecular formula is C21H24N4O3S. The van der Waals surface area contributed by atoms with Crippen molar-refractivity contribution < 1.29 is 13.9 Å². The predicted octanol–water partition coefficient (Wildman–Crippen LogP) is 3.84. The number of carbonyl (C=O) groups is 1. The van der Waals surface area contributed by atoms with Gasteiger partial charge >= 0.3 is 0 Å². The number of amides is 1. The van der Waals surface area contributed by atoms with E-state index < -0.39 is 0 Å². The largest absolute Gasteiger partial charge is 0.496 e. The van der Waals surface area contributed by atoms with Crippen LogP contribution in [0.1, 0.15) is 18.2 Å². The van der Waals surface area contributed by atoms with Crippen molar-refractivity contribution >= 4 is 17.7 Å². The summed E-state index contributed by atoms with van der Waals surface area (Å²) in [6, 6.07) is 9.47. The van der Waals surface area contributed by atoms with Crippen molar-refractivity contribution in [1.82, 2.24) is 20.1 Å². The first kappa shape index (κ1) is 20.7. The Kier molecular flexibility index (Phi) is 6.77. The molecule has 0 spiro atoms. The van der Waals surface area contributed by atoms with E-state index in [-0.39, 0.29) is 11.2 Å². The van der Waals surface area contributed by atoms with Crippen LogP contribution in [0.4, 0.5) is 0 Å². The number of hydrogen-bond acceptors (Lipinski definition) is 6. The van der Waals surface area contributed by atoms with Gasteiger partial charge < -0.3 is 14.5 Å². The molecule has 2 heterocycles. The van der Waals surface area contributed by atoms with Gasteiger partial charge in [0.15, 0.2) is 11.0 Å². The van der Waals surface area contributed by atoms with Crippen LogP contribution in [0.3, 0.4) is 0 Å². The van der Waals surface area contributed by atoms with Gasteiger partial charge in [0.25, 0.3) is 0 Å². The van der Waals surface area contributed by atoms with E-state index in [2.05, 4.69) is 22.1 Å². The molecule has 8 heteroatoms. The number of nitrogens with zero attached hydrogens (tertiary/aromatic N) is 3. The quantitative estimate of drug-likeness (QED) is 0.425. The third-order valence-corrected chi connectivity index (χ3v) is 5.51. The van der Waals surface area contributed by atoms with E-state index in [9.17, 15) is 4.79 Å². The highest BCUT2D eigenvalue weighted by Crippen LogP contribution is 2.29. The first-order valence-corrected chi connectivity index (χ1v) is 10.1. The summed E-state index contributed by atoms with van der Waals surface area (Å²) in [5.41, 5.74) is 1.80. The molecule has 3 rings (SSSR count). The van der Waals surface area contributed by atoms with Crippen LogP contribution in [0.25, 0.3) is 11.4 Å². The molecule has 0 saturated carbocycles. The Morgan fingerprint density at radius 3 is 2.86 bits per heavy atom. The van der Waals surface area contributed by atoms with E-state index >= 15 is 0 Å². The molecule has 1 aromatic carbocycles. The molecule has 7 nitrogen and oxygen atoms in total. The van der Waals surface area contributed by atoms with Crippen LogP contribution < -0.4 is 10.1 Å². The van der Waals surface area contributed by atoms with Gasteiger partial charge in [0, 0.05) is 18.7 Å². The fraction of sp³-hybridized carbons (Fsp3) is 0.286. The van der Waals surface area contributed by atoms with E-state index in [1.165, 1.54) is 11.8 Å². The number of thioether (sulfide) groups is 1. The van der Waals surface area contributed by atoms with Gasteiger partial charge in [0.2, 0.25) is 5.91 Å². The fourth-order valence-corrected chi connectivity index (χ4v) is 3.76. The lowest BCUT2D eigenvalue weighted by atomic mass is 10.2. The van der Waals surface area contributed by atoms with Gasteiger partial charge in [0.1, 0.15) is 11.5 Å². The number of para-hydroxylation sites is 1. The molecule has 29 heavy (non-hydrogen) atoms. The van der Waals surface area contributed by atoms with Gasteiger partial charge in [-0.1, -0.05) is 36.0 Å².